The first-order chi connectivity index (χ1) is 9.69. The van der Waals surface area contributed by atoms with Crippen molar-refractivity contribution in [2.45, 2.75) is 4.90 Å². The number of non-ortho nitro benzene ring substituents is 1. The lowest BCUT2D eigenvalue weighted by atomic mass is 10.1. The van der Waals surface area contributed by atoms with Gasteiger partial charge in [-0.05, 0) is 24.3 Å². The third kappa shape index (κ3) is 2.35. The summed E-state index contributed by atoms with van der Waals surface area (Å²) in [7, 11) is 0. The number of nitro benzene ring substituents is 1. The molecule has 20 heavy (non-hydrogen) atoms. The number of hydrogen-bond donors (Lipinski definition) is 1. The Bertz CT molecular complexity index is 801. The largest absolute Gasteiger partial charge is 0.270 e. The van der Waals surface area contributed by atoms with E-state index in [0.717, 1.165) is 37.1 Å². The van der Waals surface area contributed by atoms with Crippen LogP contribution in [0.4, 0.5) is 5.69 Å². The van der Waals surface area contributed by atoms with Gasteiger partial charge in [0.1, 0.15) is 0 Å². The number of nitrogens with zero attached hydrogens (tertiary/aromatic N) is 1. The Morgan fingerprint density at radius 1 is 1.15 bits per heavy atom. The Labute approximate surface area is 120 Å². The topological polar surface area (TPSA) is 81.8 Å². The van der Waals surface area contributed by atoms with Crippen LogP contribution in [0.25, 0.3) is 20.2 Å². The number of nitro groups is 1. The molecule has 0 saturated heterocycles. The van der Waals surface area contributed by atoms with E-state index in [2.05, 4.69) is 9.37 Å². The van der Waals surface area contributed by atoms with Crippen molar-refractivity contribution in [2.24, 2.45) is 0 Å². The highest BCUT2D eigenvalue weighted by molar-refractivity contribution is 7.94. The molecule has 102 valence electrons. The minimum atomic E-state index is -0.405. The molecule has 8 heteroatoms. The van der Waals surface area contributed by atoms with Gasteiger partial charge < -0.3 is 0 Å². The summed E-state index contributed by atoms with van der Waals surface area (Å²) in [5, 5.41) is 24.4. The zero-order valence-corrected chi connectivity index (χ0v) is 11.4. The minimum Gasteiger partial charge on any atom is -0.258 e. The second kappa shape index (κ2) is 5.35. The van der Waals surface area contributed by atoms with Gasteiger partial charge in [0, 0.05) is 37.2 Å². The Morgan fingerprint density at radius 3 is 2.75 bits per heavy atom. The fraction of sp³-hybridized carbons (Fsp3) is 0. The summed E-state index contributed by atoms with van der Waals surface area (Å²) in [6.07, 6.45) is 0. The van der Waals surface area contributed by atoms with E-state index in [0.29, 0.717) is 0 Å². The highest BCUT2D eigenvalue weighted by atomic mass is 32.2. The summed E-state index contributed by atoms with van der Waals surface area (Å²) in [6, 6.07) is 10.4. The van der Waals surface area contributed by atoms with E-state index in [1.807, 2.05) is 18.2 Å². The van der Waals surface area contributed by atoms with Crippen LogP contribution < -0.4 is 0 Å². The van der Waals surface area contributed by atoms with Crippen LogP contribution in [-0.2, 0) is 9.37 Å². The molecule has 2 aromatic carbocycles. The van der Waals surface area contributed by atoms with Crippen molar-refractivity contribution in [1.29, 1.82) is 0 Å². The Morgan fingerprint density at radius 2 is 2.00 bits per heavy atom. The van der Waals surface area contributed by atoms with Crippen LogP contribution in [-0.4, -0.2) is 10.2 Å². The fourth-order valence-corrected chi connectivity index (χ4v) is 3.48. The molecule has 0 radical (unpaired) electrons. The number of thiophene rings is 1. The van der Waals surface area contributed by atoms with Crippen LogP contribution in [0.2, 0.25) is 0 Å². The lowest BCUT2D eigenvalue weighted by molar-refractivity contribution is -0.432. The van der Waals surface area contributed by atoms with Crippen LogP contribution in [0, 0.1) is 10.1 Å². The van der Waals surface area contributed by atoms with Crippen molar-refractivity contribution in [2.75, 3.05) is 0 Å². The average Bonchev–Trinajstić information content (AvgIpc) is 2.81. The van der Waals surface area contributed by atoms with Crippen LogP contribution in [0.1, 0.15) is 0 Å². The Kier molecular flexibility index (Phi) is 3.55. The molecular weight excluding hydrogens is 302 g/mol. The standard InChI is InChI=1S/C12H7NO5S2/c14-13(15)7-1-3-9-10-6-8(20-18-17-16)2-4-11(10)19-12(9)5-7/h1-6,16H. The summed E-state index contributed by atoms with van der Waals surface area (Å²) in [5.41, 5.74) is 0.0793. The Balaban J connectivity index is 2.14. The number of hydrogen-bond acceptors (Lipinski definition) is 7. The summed E-state index contributed by atoms with van der Waals surface area (Å²) >= 11 is 2.37. The number of fused-ring (bicyclic) bond motifs is 3. The molecule has 0 atom stereocenters. The fourth-order valence-electron chi connectivity index (χ4n) is 1.96. The van der Waals surface area contributed by atoms with Crippen LogP contribution in [0.3, 0.4) is 0 Å². The van der Waals surface area contributed by atoms with Crippen LogP contribution >= 0.6 is 23.4 Å². The molecule has 1 N–H and O–H groups in total. The molecule has 0 amide bonds. The molecule has 1 heterocycles. The summed E-state index contributed by atoms with van der Waals surface area (Å²) < 4.78 is 6.27. The van der Waals surface area contributed by atoms with Gasteiger partial charge in [-0.3, -0.25) is 10.1 Å². The van der Waals surface area contributed by atoms with Crippen molar-refractivity contribution in [3.63, 3.8) is 0 Å². The summed E-state index contributed by atoms with van der Waals surface area (Å²) in [4.78, 5) is 11.1. The summed E-state index contributed by atoms with van der Waals surface area (Å²) in [6.45, 7) is 0. The van der Waals surface area contributed by atoms with Crippen molar-refractivity contribution in [3.05, 3.63) is 46.5 Å². The minimum absolute atomic E-state index is 0.0793. The van der Waals surface area contributed by atoms with Gasteiger partial charge in [0.2, 0.25) is 0 Å². The smallest absolute Gasteiger partial charge is 0.258 e. The molecule has 1 aromatic heterocycles. The van der Waals surface area contributed by atoms with Gasteiger partial charge in [-0.2, -0.15) is 0 Å². The summed E-state index contributed by atoms with van der Waals surface area (Å²) in [5.74, 6) is 0. The van der Waals surface area contributed by atoms with Gasteiger partial charge in [0.25, 0.3) is 5.69 Å². The Hall–Kier alpha value is -1.71. The second-order valence-corrected chi connectivity index (χ2v) is 5.78. The monoisotopic (exact) mass is 309 g/mol. The number of benzene rings is 2. The molecule has 0 aliphatic carbocycles. The molecule has 0 saturated carbocycles. The zero-order valence-electron chi connectivity index (χ0n) is 9.81. The van der Waals surface area contributed by atoms with Crippen molar-refractivity contribution >= 4 is 49.2 Å². The predicted molar refractivity (Wildman–Crippen MR) is 76.6 cm³/mol. The van der Waals surface area contributed by atoms with E-state index in [4.69, 9.17) is 5.26 Å². The molecule has 3 rings (SSSR count). The van der Waals surface area contributed by atoms with Gasteiger partial charge in [-0.25, -0.2) is 5.26 Å². The van der Waals surface area contributed by atoms with E-state index in [-0.39, 0.29) is 5.69 Å². The van der Waals surface area contributed by atoms with Gasteiger partial charge in [0.15, 0.2) is 0 Å². The van der Waals surface area contributed by atoms with Gasteiger partial charge in [-0.1, -0.05) is 5.04 Å². The van der Waals surface area contributed by atoms with Gasteiger partial charge in [-0.15, -0.1) is 15.7 Å². The molecular formula is C12H7NO5S2. The third-order valence-corrected chi connectivity index (χ3v) is 4.51. The zero-order chi connectivity index (χ0) is 14.1. The average molecular weight is 309 g/mol. The maximum Gasteiger partial charge on any atom is 0.270 e. The molecule has 0 aliphatic rings. The first-order valence-electron chi connectivity index (χ1n) is 5.44. The van der Waals surface area contributed by atoms with Crippen molar-refractivity contribution in [1.82, 2.24) is 0 Å². The van der Waals surface area contributed by atoms with Crippen molar-refractivity contribution in [3.8, 4) is 0 Å². The van der Waals surface area contributed by atoms with E-state index in [1.54, 1.807) is 12.1 Å². The third-order valence-electron chi connectivity index (χ3n) is 2.80. The maximum atomic E-state index is 10.8. The quantitative estimate of drug-likeness (QED) is 0.333. The van der Waals surface area contributed by atoms with E-state index in [1.165, 1.54) is 17.4 Å². The van der Waals surface area contributed by atoms with Crippen LogP contribution in [0.5, 0.6) is 0 Å². The molecule has 6 nitrogen and oxygen atoms in total. The van der Waals surface area contributed by atoms with Gasteiger partial charge in [0.05, 0.1) is 17.0 Å². The number of rotatable bonds is 4. The second-order valence-electron chi connectivity index (χ2n) is 3.92. The maximum absolute atomic E-state index is 10.8. The molecule has 0 fully saturated rings. The molecule has 0 aliphatic heterocycles. The lowest BCUT2D eigenvalue weighted by Crippen LogP contribution is -1.85. The van der Waals surface area contributed by atoms with E-state index >= 15 is 0 Å². The lowest BCUT2D eigenvalue weighted by Gasteiger charge is -1.98. The van der Waals surface area contributed by atoms with Crippen LogP contribution in [0.15, 0.2) is 41.3 Å². The molecule has 0 unspecified atom stereocenters. The van der Waals surface area contributed by atoms with E-state index < -0.39 is 4.92 Å². The highest BCUT2D eigenvalue weighted by Gasteiger charge is 2.11. The normalized spacial score (nSPS) is 11.2. The first-order valence-corrected chi connectivity index (χ1v) is 7.00. The SMILES string of the molecule is O=[N+]([O-])c1ccc2c(c1)sc1ccc(SOOO)cc12. The predicted octanol–water partition coefficient (Wildman–Crippen LogP) is 4.39. The molecule has 0 spiro atoms. The highest BCUT2D eigenvalue weighted by Crippen LogP contribution is 2.37. The molecule has 3 aromatic rings. The van der Waals surface area contributed by atoms with Crippen molar-refractivity contribution < 1.29 is 19.6 Å². The van der Waals surface area contributed by atoms with Gasteiger partial charge >= 0.3 is 0 Å². The first kappa shape index (κ1) is 13.3. The molecule has 0 bridgehead atoms. The van der Waals surface area contributed by atoms with E-state index in [9.17, 15) is 10.1 Å².